The van der Waals surface area contributed by atoms with Crippen molar-refractivity contribution in [1.29, 1.82) is 0 Å². The van der Waals surface area contributed by atoms with Crippen molar-refractivity contribution in [3.63, 3.8) is 0 Å². The van der Waals surface area contributed by atoms with Crippen molar-refractivity contribution in [2.45, 2.75) is 44.4 Å². The van der Waals surface area contributed by atoms with E-state index in [4.69, 9.17) is 0 Å². The zero-order chi connectivity index (χ0) is 15.0. The van der Waals surface area contributed by atoms with Crippen LogP contribution in [0.15, 0.2) is 18.2 Å². The van der Waals surface area contributed by atoms with E-state index in [9.17, 15) is 13.2 Å². The van der Waals surface area contributed by atoms with Gasteiger partial charge in [0.25, 0.3) is 0 Å². The van der Waals surface area contributed by atoms with Gasteiger partial charge in [-0.3, -0.25) is 0 Å². The Morgan fingerprint density at radius 1 is 1.29 bits per heavy atom. The van der Waals surface area contributed by atoms with Crippen LogP contribution in [-0.4, -0.2) is 15.6 Å². The fraction of sp³-hybridized carbons (Fsp3) is 0.533. The summed E-state index contributed by atoms with van der Waals surface area (Å²) < 4.78 is 40.0. The molecule has 0 spiro atoms. The van der Waals surface area contributed by atoms with E-state index in [1.54, 1.807) is 0 Å². The molecular weight excluding hydrogens is 279 g/mol. The molecule has 0 bridgehead atoms. The van der Waals surface area contributed by atoms with Crippen molar-refractivity contribution in [3.8, 4) is 0 Å². The summed E-state index contributed by atoms with van der Waals surface area (Å²) in [5.41, 5.74) is 0.477. The van der Waals surface area contributed by atoms with Gasteiger partial charge in [0, 0.05) is 13.1 Å². The van der Waals surface area contributed by atoms with Gasteiger partial charge in [0.15, 0.2) is 0 Å². The molecule has 1 heterocycles. The molecule has 114 valence electrons. The number of nitrogens with one attached hydrogen (secondary N) is 1. The van der Waals surface area contributed by atoms with Gasteiger partial charge in [0.1, 0.15) is 5.82 Å². The molecule has 1 aliphatic rings. The SMILES string of the molecule is Cn1c(CNC2CCCC2)nc2cc(C(F)(F)F)ccc21. The second kappa shape index (κ2) is 5.33. The van der Waals surface area contributed by atoms with Crippen LogP contribution in [0.2, 0.25) is 0 Å². The molecule has 1 N–H and O–H groups in total. The summed E-state index contributed by atoms with van der Waals surface area (Å²) in [5, 5.41) is 3.44. The molecular formula is C15H18F3N3. The van der Waals surface area contributed by atoms with Gasteiger partial charge < -0.3 is 9.88 Å². The Balaban J connectivity index is 1.84. The lowest BCUT2D eigenvalue weighted by molar-refractivity contribution is -0.137. The minimum absolute atomic E-state index is 0.399. The summed E-state index contributed by atoms with van der Waals surface area (Å²) in [7, 11) is 1.84. The molecule has 0 atom stereocenters. The molecule has 1 aromatic carbocycles. The molecule has 3 nitrogen and oxygen atoms in total. The normalized spacial score (nSPS) is 17.0. The highest BCUT2D eigenvalue weighted by atomic mass is 19.4. The maximum absolute atomic E-state index is 12.7. The van der Waals surface area contributed by atoms with E-state index in [1.165, 1.54) is 31.7 Å². The smallest absolute Gasteiger partial charge is 0.330 e. The zero-order valence-electron chi connectivity index (χ0n) is 11.9. The molecule has 0 aliphatic heterocycles. The zero-order valence-corrected chi connectivity index (χ0v) is 11.9. The van der Waals surface area contributed by atoms with Gasteiger partial charge in [-0.05, 0) is 31.0 Å². The predicted octanol–water partition coefficient (Wildman–Crippen LogP) is 3.62. The van der Waals surface area contributed by atoms with Crippen LogP contribution in [0.25, 0.3) is 11.0 Å². The first-order valence-electron chi connectivity index (χ1n) is 7.21. The third-order valence-corrected chi connectivity index (χ3v) is 4.20. The number of fused-ring (bicyclic) bond motifs is 1. The van der Waals surface area contributed by atoms with Crippen molar-refractivity contribution < 1.29 is 13.2 Å². The first-order chi connectivity index (χ1) is 9.95. The molecule has 0 unspecified atom stereocenters. The molecule has 0 saturated heterocycles. The summed E-state index contributed by atoms with van der Waals surface area (Å²) in [6.07, 6.45) is 0.503. The minimum atomic E-state index is -4.33. The van der Waals surface area contributed by atoms with Gasteiger partial charge >= 0.3 is 6.18 Å². The molecule has 1 aromatic heterocycles. The number of aryl methyl sites for hydroxylation is 1. The number of imidazole rings is 1. The Bertz CT molecular complexity index is 639. The Morgan fingerprint density at radius 2 is 2.00 bits per heavy atom. The summed E-state index contributed by atoms with van der Waals surface area (Å²) >= 11 is 0. The summed E-state index contributed by atoms with van der Waals surface area (Å²) in [5.74, 6) is 0.774. The average molecular weight is 297 g/mol. The molecule has 6 heteroatoms. The number of hydrogen-bond acceptors (Lipinski definition) is 2. The van der Waals surface area contributed by atoms with Gasteiger partial charge in [0.05, 0.1) is 23.1 Å². The lowest BCUT2D eigenvalue weighted by Crippen LogP contribution is -2.26. The van der Waals surface area contributed by atoms with Gasteiger partial charge in [0.2, 0.25) is 0 Å². The Morgan fingerprint density at radius 3 is 2.67 bits per heavy atom. The monoisotopic (exact) mass is 297 g/mol. The van der Waals surface area contributed by atoms with Crippen molar-refractivity contribution in [2.24, 2.45) is 7.05 Å². The fourth-order valence-electron chi connectivity index (χ4n) is 2.95. The van der Waals surface area contributed by atoms with Crippen molar-refractivity contribution >= 4 is 11.0 Å². The number of aromatic nitrogens is 2. The Labute approximate surface area is 121 Å². The summed E-state index contributed by atoms with van der Waals surface area (Å²) in [6.45, 7) is 0.594. The molecule has 1 saturated carbocycles. The predicted molar refractivity (Wildman–Crippen MR) is 74.8 cm³/mol. The number of benzene rings is 1. The Kier molecular flexibility index (Phi) is 3.65. The van der Waals surface area contributed by atoms with E-state index < -0.39 is 11.7 Å². The van der Waals surface area contributed by atoms with E-state index in [2.05, 4.69) is 10.3 Å². The molecule has 0 amide bonds. The van der Waals surface area contributed by atoms with E-state index in [1.807, 2.05) is 11.6 Å². The van der Waals surface area contributed by atoms with Crippen LogP contribution in [0.5, 0.6) is 0 Å². The topological polar surface area (TPSA) is 29.9 Å². The highest BCUT2D eigenvalue weighted by Crippen LogP contribution is 2.31. The van der Waals surface area contributed by atoms with Crippen LogP contribution in [0, 0.1) is 0 Å². The maximum atomic E-state index is 12.7. The van der Waals surface area contributed by atoms with E-state index in [0.717, 1.165) is 23.5 Å². The highest BCUT2D eigenvalue weighted by Gasteiger charge is 2.31. The van der Waals surface area contributed by atoms with Crippen LogP contribution in [0.1, 0.15) is 37.1 Å². The second-order valence-electron chi connectivity index (χ2n) is 5.65. The third kappa shape index (κ3) is 2.90. The van der Waals surface area contributed by atoms with Crippen molar-refractivity contribution in [3.05, 3.63) is 29.6 Å². The highest BCUT2D eigenvalue weighted by molar-refractivity contribution is 5.77. The molecule has 1 aliphatic carbocycles. The van der Waals surface area contributed by atoms with Gasteiger partial charge in [-0.1, -0.05) is 12.8 Å². The summed E-state index contributed by atoms with van der Waals surface area (Å²) in [4.78, 5) is 4.35. The Hall–Kier alpha value is -1.56. The summed E-state index contributed by atoms with van der Waals surface area (Å²) in [6, 6.07) is 4.23. The van der Waals surface area contributed by atoms with Crippen molar-refractivity contribution in [1.82, 2.24) is 14.9 Å². The van der Waals surface area contributed by atoms with Crippen LogP contribution in [-0.2, 0) is 19.8 Å². The molecule has 2 aromatic rings. The van der Waals surface area contributed by atoms with Gasteiger partial charge in [-0.2, -0.15) is 13.2 Å². The van der Waals surface area contributed by atoms with Crippen molar-refractivity contribution in [2.75, 3.05) is 0 Å². The maximum Gasteiger partial charge on any atom is 0.416 e. The van der Waals surface area contributed by atoms with Gasteiger partial charge in [-0.25, -0.2) is 4.98 Å². The van der Waals surface area contributed by atoms with Crippen LogP contribution >= 0.6 is 0 Å². The number of rotatable bonds is 3. The third-order valence-electron chi connectivity index (χ3n) is 4.20. The van der Waals surface area contributed by atoms with Crippen LogP contribution in [0.3, 0.4) is 0 Å². The lowest BCUT2D eigenvalue weighted by atomic mass is 10.2. The van der Waals surface area contributed by atoms with Gasteiger partial charge in [-0.15, -0.1) is 0 Å². The molecule has 1 fully saturated rings. The standard InChI is InChI=1S/C15H18F3N3/c1-21-13-7-6-10(15(16,17)18)8-12(13)20-14(21)9-19-11-4-2-3-5-11/h6-8,11,19H,2-5,9H2,1H3. The molecule has 3 rings (SSSR count). The quantitative estimate of drug-likeness (QED) is 0.937. The first-order valence-corrected chi connectivity index (χ1v) is 7.21. The number of nitrogens with zero attached hydrogens (tertiary/aromatic N) is 2. The fourth-order valence-corrected chi connectivity index (χ4v) is 2.95. The lowest BCUT2D eigenvalue weighted by Gasteiger charge is -2.11. The largest absolute Gasteiger partial charge is 0.416 e. The first kappa shape index (κ1) is 14.4. The van der Waals surface area contributed by atoms with E-state index in [-0.39, 0.29) is 0 Å². The number of hydrogen-bond donors (Lipinski definition) is 1. The van der Waals surface area contributed by atoms with Crippen LogP contribution < -0.4 is 5.32 Å². The number of alkyl halides is 3. The number of halogens is 3. The van der Waals surface area contributed by atoms with E-state index in [0.29, 0.717) is 18.1 Å². The van der Waals surface area contributed by atoms with E-state index >= 15 is 0 Å². The molecule has 21 heavy (non-hydrogen) atoms. The minimum Gasteiger partial charge on any atom is -0.330 e. The second-order valence-corrected chi connectivity index (χ2v) is 5.65. The molecule has 0 radical (unpaired) electrons. The van der Waals surface area contributed by atoms with Crippen LogP contribution in [0.4, 0.5) is 13.2 Å². The average Bonchev–Trinajstić information content (AvgIpc) is 3.04.